The predicted molar refractivity (Wildman–Crippen MR) is 81.0 cm³/mol. The van der Waals surface area contributed by atoms with Crippen LogP contribution in [0.4, 0.5) is 0 Å². The zero-order valence-corrected chi connectivity index (χ0v) is 12.9. The number of fused-ring (bicyclic) bond motifs is 2. The van der Waals surface area contributed by atoms with Crippen LogP contribution in [0.15, 0.2) is 6.20 Å². The van der Waals surface area contributed by atoms with Crippen molar-refractivity contribution >= 4 is 5.91 Å². The van der Waals surface area contributed by atoms with Crippen LogP contribution in [-0.4, -0.2) is 34.7 Å². The summed E-state index contributed by atoms with van der Waals surface area (Å²) < 4.78 is 7.58. The molecule has 0 aromatic carbocycles. The summed E-state index contributed by atoms with van der Waals surface area (Å²) in [5, 5.41) is 6.71. The number of hydrogen-bond donors (Lipinski definition) is 2. The van der Waals surface area contributed by atoms with Crippen molar-refractivity contribution in [2.24, 2.45) is 5.41 Å². The molecule has 0 unspecified atom stereocenters. The maximum atomic E-state index is 12.9. The van der Waals surface area contributed by atoms with Gasteiger partial charge >= 0.3 is 0 Å². The molecule has 1 aromatic heterocycles. The van der Waals surface area contributed by atoms with E-state index in [0.717, 1.165) is 50.5 Å². The molecule has 3 heterocycles. The third-order valence-electron chi connectivity index (χ3n) is 5.59. The summed E-state index contributed by atoms with van der Waals surface area (Å²) in [5.74, 6) is 1.19. The van der Waals surface area contributed by atoms with Crippen molar-refractivity contribution in [1.82, 2.24) is 20.2 Å². The number of hydrogen-bond acceptors (Lipinski definition) is 4. The number of rotatable bonds is 3. The van der Waals surface area contributed by atoms with E-state index in [1.807, 2.05) is 6.20 Å². The number of carbonyl (C=O) groups excluding carboxylic acids is 1. The Morgan fingerprint density at radius 1 is 1.50 bits per heavy atom. The summed E-state index contributed by atoms with van der Waals surface area (Å²) in [5.41, 5.74) is 0.910. The Bertz CT molecular complexity index is 570. The van der Waals surface area contributed by atoms with Gasteiger partial charge in [0.05, 0.1) is 30.5 Å². The average Bonchev–Trinajstić information content (AvgIpc) is 3.17. The minimum absolute atomic E-state index is 0.174. The number of nitrogens with one attached hydrogen (secondary N) is 2. The van der Waals surface area contributed by atoms with Crippen LogP contribution in [0, 0.1) is 5.41 Å². The van der Waals surface area contributed by atoms with Gasteiger partial charge < -0.3 is 19.9 Å². The van der Waals surface area contributed by atoms with Crippen molar-refractivity contribution in [1.29, 1.82) is 0 Å². The van der Waals surface area contributed by atoms with E-state index in [0.29, 0.717) is 19.2 Å². The molecule has 6 heteroatoms. The van der Waals surface area contributed by atoms with Gasteiger partial charge in [-0.05, 0) is 25.8 Å². The fourth-order valence-electron chi connectivity index (χ4n) is 4.34. The molecule has 0 radical (unpaired) electrons. The Hall–Kier alpha value is -1.40. The lowest BCUT2D eigenvalue weighted by molar-refractivity contribution is -0.133. The van der Waals surface area contributed by atoms with Crippen molar-refractivity contribution in [3.8, 4) is 0 Å². The van der Waals surface area contributed by atoms with E-state index in [-0.39, 0.29) is 11.3 Å². The van der Waals surface area contributed by atoms with Gasteiger partial charge in [0, 0.05) is 12.6 Å². The van der Waals surface area contributed by atoms with Crippen LogP contribution in [0.2, 0.25) is 0 Å². The van der Waals surface area contributed by atoms with E-state index in [4.69, 9.17) is 4.74 Å². The van der Waals surface area contributed by atoms with Gasteiger partial charge in [0.2, 0.25) is 5.91 Å². The van der Waals surface area contributed by atoms with Crippen molar-refractivity contribution in [2.45, 2.75) is 57.8 Å². The monoisotopic (exact) mass is 304 g/mol. The first kappa shape index (κ1) is 14.2. The Morgan fingerprint density at radius 3 is 3.41 bits per heavy atom. The fourth-order valence-corrected chi connectivity index (χ4v) is 4.34. The molecule has 1 aliphatic carbocycles. The number of aromatic nitrogens is 2. The quantitative estimate of drug-likeness (QED) is 0.872. The Kier molecular flexibility index (Phi) is 3.66. The number of nitrogens with zero attached hydrogens (tertiary/aromatic N) is 2. The summed E-state index contributed by atoms with van der Waals surface area (Å²) in [4.78, 5) is 17.2. The highest BCUT2D eigenvalue weighted by Crippen LogP contribution is 2.42. The van der Waals surface area contributed by atoms with E-state index in [9.17, 15) is 4.79 Å². The van der Waals surface area contributed by atoms with Crippen molar-refractivity contribution in [3.63, 3.8) is 0 Å². The van der Waals surface area contributed by atoms with Crippen LogP contribution in [0.25, 0.3) is 0 Å². The molecule has 4 rings (SSSR count). The summed E-state index contributed by atoms with van der Waals surface area (Å²) >= 11 is 0. The molecular weight excluding hydrogens is 280 g/mol. The number of amides is 1. The molecule has 0 spiro atoms. The van der Waals surface area contributed by atoms with E-state index >= 15 is 0 Å². The molecule has 1 aromatic rings. The minimum atomic E-state index is -0.174. The Morgan fingerprint density at radius 2 is 2.45 bits per heavy atom. The summed E-state index contributed by atoms with van der Waals surface area (Å²) in [6.07, 6.45) is 7.41. The molecule has 1 amide bonds. The molecule has 2 fully saturated rings. The molecule has 2 atom stereocenters. The van der Waals surface area contributed by atoms with E-state index in [1.54, 1.807) is 0 Å². The second-order valence-electron chi connectivity index (χ2n) is 6.71. The largest absolute Gasteiger partial charge is 0.372 e. The number of carbonyl (C=O) groups is 1. The highest BCUT2D eigenvalue weighted by molar-refractivity contribution is 5.84. The van der Waals surface area contributed by atoms with Crippen LogP contribution >= 0.6 is 0 Å². The van der Waals surface area contributed by atoms with Crippen LogP contribution in [-0.2, 0) is 29.2 Å². The van der Waals surface area contributed by atoms with Crippen LogP contribution in [0.5, 0.6) is 0 Å². The maximum absolute atomic E-state index is 12.9. The van der Waals surface area contributed by atoms with Crippen molar-refractivity contribution in [2.75, 3.05) is 13.2 Å². The van der Waals surface area contributed by atoms with Crippen LogP contribution < -0.4 is 10.6 Å². The standard InChI is InChI=1S/C16H24N4O2/c21-15(16-4-2-1-3-13(16)17-6-5-16)19-10-12-9-18-14-11-22-8-7-20(12)14/h9,13,17H,1-8,10-11H2,(H,19,21)/t13-,16+/m0/s1. The number of ether oxygens (including phenoxy) is 1. The summed E-state index contributed by atoms with van der Waals surface area (Å²) in [6, 6.07) is 0.369. The van der Waals surface area contributed by atoms with Crippen LogP contribution in [0.1, 0.15) is 43.6 Å². The molecule has 22 heavy (non-hydrogen) atoms. The third kappa shape index (κ3) is 2.25. The highest BCUT2D eigenvalue weighted by Gasteiger charge is 2.49. The first-order chi connectivity index (χ1) is 10.8. The molecule has 1 saturated carbocycles. The van der Waals surface area contributed by atoms with Crippen molar-refractivity contribution in [3.05, 3.63) is 17.7 Å². The van der Waals surface area contributed by atoms with E-state index in [2.05, 4.69) is 20.2 Å². The molecule has 0 bridgehead atoms. The summed E-state index contributed by atoms with van der Waals surface area (Å²) in [7, 11) is 0. The van der Waals surface area contributed by atoms with Gasteiger partial charge in [-0.3, -0.25) is 4.79 Å². The van der Waals surface area contributed by atoms with Gasteiger partial charge in [-0.15, -0.1) is 0 Å². The average molecular weight is 304 g/mol. The van der Waals surface area contributed by atoms with Gasteiger partial charge in [-0.1, -0.05) is 12.8 Å². The topological polar surface area (TPSA) is 68.2 Å². The van der Waals surface area contributed by atoms with E-state index < -0.39 is 0 Å². The van der Waals surface area contributed by atoms with Gasteiger partial charge in [0.15, 0.2) is 0 Å². The van der Waals surface area contributed by atoms with Gasteiger partial charge in [0.25, 0.3) is 0 Å². The fraction of sp³-hybridized carbons (Fsp3) is 0.750. The molecule has 1 saturated heterocycles. The Labute approximate surface area is 130 Å². The first-order valence-corrected chi connectivity index (χ1v) is 8.42. The number of imidazole rings is 1. The molecule has 2 aliphatic heterocycles. The molecule has 2 N–H and O–H groups in total. The predicted octanol–water partition coefficient (Wildman–Crippen LogP) is 0.952. The first-order valence-electron chi connectivity index (χ1n) is 8.42. The molecule has 120 valence electrons. The second-order valence-corrected chi connectivity index (χ2v) is 6.71. The van der Waals surface area contributed by atoms with Gasteiger partial charge in [-0.2, -0.15) is 0 Å². The van der Waals surface area contributed by atoms with Gasteiger partial charge in [-0.25, -0.2) is 4.98 Å². The highest BCUT2D eigenvalue weighted by atomic mass is 16.5. The molecule has 6 nitrogen and oxygen atoms in total. The Balaban J connectivity index is 1.45. The van der Waals surface area contributed by atoms with Crippen molar-refractivity contribution < 1.29 is 9.53 Å². The lowest BCUT2D eigenvalue weighted by atomic mass is 9.70. The lowest BCUT2D eigenvalue weighted by Crippen LogP contribution is -2.50. The van der Waals surface area contributed by atoms with Crippen LogP contribution in [0.3, 0.4) is 0 Å². The van der Waals surface area contributed by atoms with E-state index in [1.165, 1.54) is 12.8 Å². The zero-order chi connectivity index (χ0) is 15.0. The normalized spacial score (nSPS) is 30.6. The molecule has 3 aliphatic rings. The maximum Gasteiger partial charge on any atom is 0.228 e. The van der Waals surface area contributed by atoms with Gasteiger partial charge in [0.1, 0.15) is 12.4 Å². The molecular formula is C16H24N4O2. The second kappa shape index (κ2) is 5.66. The minimum Gasteiger partial charge on any atom is -0.372 e. The summed E-state index contributed by atoms with van der Waals surface area (Å²) in [6.45, 7) is 3.66. The lowest BCUT2D eigenvalue weighted by Gasteiger charge is -2.37. The zero-order valence-electron chi connectivity index (χ0n) is 12.9. The SMILES string of the molecule is O=C(NCc1cnc2n1CCOC2)[C@@]12CCCC[C@@H]1NCC2. The third-order valence-corrected chi connectivity index (χ3v) is 5.59. The smallest absolute Gasteiger partial charge is 0.228 e.